The van der Waals surface area contributed by atoms with Gasteiger partial charge in [-0.15, -0.1) is 11.3 Å². The molecule has 0 fully saturated rings. The molecular weight excluding hydrogens is 328 g/mol. The van der Waals surface area contributed by atoms with Gasteiger partial charge in [-0.1, -0.05) is 6.07 Å². The van der Waals surface area contributed by atoms with Crippen LogP contribution in [-0.4, -0.2) is 20.1 Å². The molecule has 4 aromatic rings. The summed E-state index contributed by atoms with van der Waals surface area (Å²) in [5, 5.41) is 8.92. The summed E-state index contributed by atoms with van der Waals surface area (Å²) in [6.07, 6.45) is 3.08. The highest BCUT2D eigenvalue weighted by Crippen LogP contribution is 2.19. The van der Waals surface area contributed by atoms with E-state index in [0.29, 0.717) is 11.1 Å². The van der Waals surface area contributed by atoms with E-state index < -0.39 is 0 Å². The molecule has 0 spiro atoms. The van der Waals surface area contributed by atoms with Crippen LogP contribution in [0.15, 0.2) is 51.4 Å². The van der Waals surface area contributed by atoms with Crippen LogP contribution in [0.5, 0.6) is 0 Å². The van der Waals surface area contributed by atoms with Crippen LogP contribution in [0.4, 0.5) is 0 Å². The standard InChI is InChI=1S/C16H14N4O3S/c1-10(14-3-2-6-24-14)18-15(21)8-20-16(22)12-7-13-11(4-5-23-13)19(12)9-17-20/h2-7,9-10H,8H2,1H3,(H,18,21). The van der Waals surface area contributed by atoms with Crippen LogP contribution in [0.1, 0.15) is 17.8 Å². The number of aromatic nitrogens is 3. The fourth-order valence-corrected chi connectivity index (χ4v) is 3.41. The van der Waals surface area contributed by atoms with Crippen LogP contribution in [0.3, 0.4) is 0 Å². The Balaban J connectivity index is 1.59. The molecule has 122 valence electrons. The van der Waals surface area contributed by atoms with Gasteiger partial charge < -0.3 is 9.73 Å². The SMILES string of the molecule is CC(NC(=O)Cn1ncn2c(cc3occc32)c1=O)c1cccs1. The van der Waals surface area contributed by atoms with Crippen LogP contribution in [-0.2, 0) is 11.3 Å². The zero-order valence-electron chi connectivity index (χ0n) is 12.8. The Morgan fingerprint density at radius 3 is 3.08 bits per heavy atom. The monoisotopic (exact) mass is 342 g/mol. The van der Waals surface area contributed by atoms with Crippen LogP contribution in [0, 0.1) is 0 Å². The van der Waals surface area contributed by atoms with E-state index in [1.165, 1.54) is 6.33 Å². The topological polar surface area (TPSA) is 81.5 Å². The Bertz CT molecular complexity index is 1070. The Morgan fingerprint density at radius 1 is 1.42 bits per heavy atom. The van der Waals surface area contributed by atoms with Gasteiger partial charge >= 0.3 is 0 Å². The largest absolute Gasteiger partial charge is 0.463 e. The van der Waals surface area contributed by atoms with Crippen molar-refractivity contribution in [1.29, 1.82) is 0 Å². The van der Waals surface area contributed by atoms with E-state index >= 15 is 0 Å². The van der Waals surface area contributed by atoms with Crippen LogP contribution < -0.4 is 10.9 Å². The van der Waals surface area contributed by atoms with Crippen LogP contribution in [0.2, 0.25) is 0 Å². The second kappa shape index (κ2) is 5.64. The van der Waals surface area contributed by atoms with Crippen molar-refractivity contribution in [2.45, 2.75) is 19.5 Å². The maximum absolute atomic E-state index is 12.5. The molecule has 4 heterocycles. The van der Waals surface area contributed by atoms with Crippen molar-refractivity contribution < 1.29 is 9.21 Å². The highest BCUT2D eigenvalue weighted by Gasteiger charge is 2.15. The molecule has 0 radical (unpaired) electrons. The fourth-order valence-electron chi connectivity index (χ4n) is 2.68. The number of amides is 1. The first-order chi connectivity index (χ1) is 11.6. The first kappa shape index (κ1) is 14.7. The molecule has 7 nitrogen and oxygen atoms in total. The van der Waals surface area contributed by atoms with Gasteiger partial charge in [-0.05, 0) is 18.4 Å². The first-order valence-electron chi connectivity index (χ1n) is 7.40. The van der Waals surface area contributed by atoms with E-state index in [1.54, 1.807) is 34.1 Å². The van der Waals surface area contributed by atoms with Crippen molar-refractivity contribution >= 4 is 33.9 Å². The molecule has 1 N–H and O–H groups in total. The number of hydrogen-bond donors (Lipinski definition) is 1. The van der Waals surface area contributed by atoms with Crippen LogP contribution in [0.25, 0.3) is 16.6 Å². The number of nitrogens with one attached hydrogen (secondary N) is 1. The van der Waals surface area contributed by atoms with Gasteiger partial charge in [0.2, 0.25) is 5.91 Å². The van der Waals surface area contributed by atoms with Crippen LogP contribution >= 0.6 is 11.3 Å². The number of rotatable bonds is 4. The van der Waals surface area contributed by atoms with Crippen molar-refractivity contribution in [3.05, 3.63) is 57.5 Å². The average molecular weight is 342 g/mol. The number of thiophene rings is 1. The van der Waals surface area contributed by atoms with Crippen molar-refractivity contribution in [1.82, 2.24) is 19.5 Å². The zero-order chi connectivity index (χ0) is 16.7. The lowest BCUT2D eigenvalue weighted by molar-refractivity contribution is -0.122. The summed E-state index contributed by atoms with van der Waals surface area (Å²) in [6.45, 7) is 1.78. The maximum atomic E-state index is 12.5. The molecule has 1 amide bonds. The zero-order valence-corrected chi connectivity index (χ0v) is 13.6. The number of carbonyl (C=O) groups excluding carboxylic acids is 1. The minimum atomic E-state index is -0.331. The number of carbonyl (C=O) groups is 1. The van der Waals surface area contributed by atoms with E-state index in [9.17, 15) is 9.59 Å². The van der Waals surface area contributed by atoms with Crippen molar-refractivity contribution in [3.63, 3.8) is 0 Å². The predicted octanol–water partition coefficient (Wildman–Crippen LogP) is 2.18. The molecule has 8 heteroatoms. The highest BCUT2D eigenvalue weighted by molar-refractivity contribution is 7.10. The number of fused-ring (bicyclic) bond motifs is 3. The van der Waals surface area contributed by atoms with Gasteiger partial charge in [0.05, 0.1) is 17.8 Å². The second-order valence-corrected chi connectivity index (χ2v) is 6.45. The maximum Gasteiger partial charge on any atom is 0.291 e. The molecule has 0 aromatic carbocycles. The summed E-state index contributed by atoms with van der Waals surface area (Å²) >= 11 is 1.58. The number of furan rings is 1. The molecule has 4 rings (SSSR count). The van der Waals surface area contributed by atoms with Gasteiger partial charge in [0.25, 0.3) is 5.56 Å². The van der Waals surface area contributed by atoms with Gasteiger partial charge in [-0.2, -0.15) is 5.10 Å². The third kappa shape index (κ3) is 2.41. The Kier molecular flexibility index (Phi) is 3.46. The summed E-state index contributed by atoms with van der Waals surface area (Å²) in [7, 11) is 0. The second-order valence-electron chi connectivity index (χ2n) is 5.47. The summed E-state index contributed by atoms with van der Waals surface area (Å²) in [5.41, 5.74) is 1.49. The lowest BCUT2D eigenvalue weighted by Gasteiger charge is -2.12. The van der Waals surface area contributed by atoms with Gasteiger partial charge in [0.1, 0.15) is 18.4 Å². The van der Waals surface area contributed by atoms with E-state index in [4.69, 9.17) is 4.42 Å². The van der Waals surface area contributed by atoms with Crippen molar-refractivity contribution in [2.24, 2.45) is 0 Å². The first-order valence-corrected chi connectivity index (χ1v) is 8.28. The fraction of sp³-hybridized carbons (Fsp3) is 0.188. The third-order valence-corrected chi connectivity index (χ3v) is 4.92. The summed E-state index contributed by atoms with van der Waals surface area (Å²) < 4.78 is 8.11. The number of hydrogen-bond acceptors (Lipinski definition) is 5. The molecule has 0 aliphatic carbocycles. The van der Waals surface area contributed by atoms with Gasteiger partial charge in [0.15, 0.2) is 5.58 Å². The summed E-state index contributed by atoms with van der Waals surface area (Å²) in [4.78, 5) is 25.8. The molecule has 1 atom stereocenters. The van der Waals surface area contributed by atoms with Gasteiger partial charge in [-0.25, -0.2) is 4.68 Å². The van der Waals surface area contributed by atoms with E-state index in [-0.39, 0.29) is 24.1 Å². The molecule has 0 bridgehead atoms. The third-order valence-electron chi connectivity index (χ3n) is 3.86. The minimum absolute atomic E-state index is 0.104. The Hall–Kier alpha value is -2.87. The molecular formula is C16H14N4O3S. The van der Waals surface area contributed by atoms with Gasteiger partial charge in [0, 0.05) is 17.0 Å². The minimum Gasteiger partial charge on any atom is -0.463 e. The van der Waals surface area contributed by atoms with Gasteiger partial charge in [-0.3, -0.25) is 14.0 Å². The van der Waals surface area contributed by atoms with E-state index in [1.807, 2.05) is 24.4 Å². The predicted molar refractivity (Wildman–Crippen MR) is 90.1 cm³/mol. The molecule has 1 unspecified atom stereocenters. The molecule has 0 aliphatic heterocycles. The Labute approximate surface area is 140 Å². The summed E-state index contributed by atoms with van der Waals surface area (Å²) in [5.74, 6) is -0.259. The van der Waals surface area contributed by atoms with Crippen molar-refractivity contribution in [3.8, 4) is 0 Å². The molecule has 0 saturated heterocycles. The lowest BCUT2D eigenvalue weighted by atomic mass is 10.3. The van der Waals surface area contributed by atoms with Crippen molar-refractivity contribution in [2.75, 3.05) is 0 Å². The molecule has 0 saturated carbocycles. The lowest BCUT2D eigenvalue weighted by Crippen LogP contribution is -2.35. The highest BCUT2D eigenvalue weighted by atomic mass is 32.1. The normalized spacial score (nSPS) is 12.7. The Morgan fingerprint density at radius 2 is 2.29 bits per heavy atom. The molecule has 0 aliphatic rings. The summed E-state index contributed by atoms with van der Waals surface area (Å²) in [6, 6.07) is 7.21. The van der Waals surface area contributed by atoms with E-state index in [2.05, 4.69) is 10.4 Å². The van der Waals surface area contributed by atoms with E-state index in [0.717, 1.165) is 15.1 Å². The molecule has 4 aromatic heterocycles. The average Bonchev–Trinajstić information content (AvgIpc) is 3.26. The number of nitrogens with zero attached hydrogens (tertiary/aromatic N) is 3. The smallest absolute Gasteiger partial charge is 0.291 e. The quantitative estimate of drug-likeness (QED) is 0.616. The molecule has 24 heavy (non-hydrogen) atoms.